The molecular weight excluding hydrogens is 338 g/mol. The molecule has 1 aromatic heterocycles. The van der Waals surface area contributed by atoms with Crippen LogP contribution in [0.25, 0.3) is 0 Å². The molecule has 2 aromatic rings. The van der Waals surface area contributed by atoms with Crippen LogP contribution in [-0.2, 0) is 6.54 Å². The number of pyridine rings is 1. The van der Waals surface area contributed by atoms with Crippen LogP contribution in [0.2, 0.25) is 5.02 Å². The van der Waals surface area contributed by atoms with Crippen LogP contribution in [0.5, 0.6) is 5.75 Å². The summed E-state index contributed by atoms with van der Waals surface area (Å²) in [4.78, 5) is 18.8. The van der Waals surface area contributed by atoms with E-state index in [1.807, 2.05) is 37.3 Å². The predicted molar refractivity (Wildman–Crippen MR) is 97.5 cm³/mol. The molecule has 25 heavy (non-hydrogen) atoms. The molecule has 0 bridgehead atoms. The molecule has 2 aliphatic heterocycles. The molecule has 3 heterocycles. The number of amides is 1. The van der Waals surface area contributed by atoms with Crippen molar-refractivity contribution in [1.29, 1.82) is 0 Å². The Morgan fingerprint density at radius 3 is 2.80 bits per heavy atom. The summed E-state index contributed by atoms with van der Waals surface area (Å²) in [7, 11) is 0. The molecule has 1 aromatic carbocycles. The lowest BCUT2D eigenvalue weighted by Crippen LogP contribution is -2.39. The monoisotopic (exact) mass is 357 g/mol. The molecule has 4 rings (SSSR count). The number of benzene rings is 1. The van der Waals surface area contributed by atoms with Gasteiger partial charge in [-0.05, 0) is 30.7 Å². The van der Waals surface area contributed by atoms with Crippen molar-refractivity contribution in [2.24, 2.45) is 0 Å². The molecule has 1 N–H and O–H groups in total. The van der Waals surface area contributed by atoms with Crippen LogP contribution in [0.1, 0.15) is 34.5 Å². The molecule has 1 saturated heterocycles. The molecule has 0 saturated carbocycles. The van der Waals surface area contributed by atoms with E-state index in [4.69, 9.17) is 21.3 Å². The van der Waals surface area contributed by atoms with Crippen LogP contribution >= 0.6 is 11.6 Å². The van der Waals surface area contributed by atoms with Crippen LogP contribution in [0.3, 0.4) is 0 Å². The SMILES string of the molecule is Cc1cc2c(nc1N1CCC(Oc3ccccc3Cl)CC1)CNC2=O. The topological polar surface area (TPSA) is 54.5 Å². The molecule has 5 nitrogen and oxygen atoms in total. The average Bonchev–Trinajstić information content (AvgIpc) is 2.97. The summed E-state index contributed by atoms with van der Waals surface area (Å²) in [6.07, 6.45) is 2.00. The highest BCUT2D eigenvalue weighted by molar-refractivity contribution is 6.32. The summed E-state index contributed by atoms with van der Waals surface area (Å²) in [6, 6.07) is 9.54. The van der Waals surface area contributed by atoms with Gasteiger partial charge in [0.1, 0.15) is 17.7 Å². The van der Waals surface area contributed by atoms with E-state index >= 15 is 0 Å². The van der Waals surface area contributed by atoms with Crippen LogP contribution in [0.15, 0.2) is 30.3 Å². The zero-order chi connectivity index (χ0) is 17.4. The Hall–Kier alpha value is -2.27. The Labute approximate surface area is 152 Å². The number of aryl methyl sites for hydroxylation is 1. The number of hydrogen-bond acceptors (Lipinski definition) is 4. The first kappa shape index (κ1) is 16.2. The van der Waals surface area contributed by atoms with E-state index in [0.29, 0.717) is 17.1 Å². The van der Waals surface area contributed by atoms with Gasteiger partial charge in [-0.15, -0.1) is 0 Å². The molecule has 0 spiro atoms. The van der Waals surface area contributed by atoms with Crippen LogP contribution in [0.4, 0.5) is 5.82 Å². The fraction of sp³-hybridized carbons (Fsp3) is 0.368. The Morgan fingerprint density at radius 2 is 2.04 bits per heavy atom. The normalized spacial score (nSPS) is 17.4. The molecule has 0 atom stereocenters. The van der Waals surface area contributed by atoms with Crippen molar-refractivity contribution in [2.45, 2.75) is 32.4 Å². The van der Waals surface area contributed by atoms with Gasteiger partial charge in [-0.25, -0.2) is 4.98 Å². The number of aromatic nitrogens is 1. The molecule has 1 amide bonds. The number of ether oxygens (including phenoxy) is 1. The van der Waals surface area contributed by atoms with E-state index in [0.717, 1.165) is 48.8 Å². The lowest BCUT2D eigenvalue weighted by atomic mass is 10.1. The second kappa shape index (κ2) is 6.56. The first-order chi connectivity index (χ1) is 12.1. The van der Waals surface area contributed by atoms with Gasteiger partial charge >= 0.3 is 0 Å². The maximum atomic E-state index is 11.8. The Kier molecular flexibility index (Phi) is 4.25. The lowest BCUT2D eigenvalue weighted by molar-refractivity contribution is 0.0965. The van der Waals surface area contributed by atoms with E-state index in [-0.39, 0.29) is 12.0 Å². The molecule has 2 aliphatic rings. The van der Waals surface area contributed by atoms with Gasteiger partial charge in [0, 0.05) is 25.9 Å². The minimum absolute atomic E-state index is 0.0241. The molecule has 0 unspecified atom stereocenters. The fourth-order valence-electron chi connectivity index (χ4n) is 3.46. The minimum Gasteiger partial charge on any atom is -0.489 e. The lowest BCUT2D eigenvalue weighted by Gasteiger charge is -2.34. The van der Waals surface area contributed by atoms with Gasteiger partial charge in [0.15, 0.2) is 0 Å². The van der Waals surface area contributed by atoms with Crippen molar-refractivity contribution in [3.63, 3.8) is 0 Å². The van der Waals surface area contributed by atoms with Crippen molar-refractivity contribution in [1.82, 2.24) is 10.3 Å². The van der Waals surface area contributed by atoms with Gasteiger partial charge in [-0.2, -0.15) is 0 Å². The third kappa shape index (κ3) is 3.16. The second-order valence-electron chi connectivity index (χ2n) is 6.54. The van der Waals surface area contributed by atoms with E-state index in [2.05, 4.69) is 10.2 Å². The van der Waals surface area contributed by atoms with Crippen molar-refractivity contribution in [3.8, 4) is 5.75 Å². The van der Waals surface area contributed by atoms with E-state index in [9.17, 15) is 4.79 Å². The number of halogens is 1. The largest absolute Gasteiger partial charge is 0.489 e. The number of hydrogen-bond donors (Lipinski definition) is 1. The zero-order valence-corrected chi connectivity index (χ0v) is 14.8. The molecule has 6 heteroatoms. The first-order valence-electron chi connectivity index (χ1n) is 8.56. The zero-order valence-electron chi connectivity index (χ0n) is 14.1. The number of piperidine rings is 1. The number of nitrogens with one attached hydrogen (secondary N) is 1. The number of carbonyl (C=O) groups excluding carboxylic acids is 1. The molecular formula is C19H20ClN3O2. The number of rotatable bonds is 3. The average molecular weight is 358 g/mol. The quantitative estimate of drug-likeness (QED) is 0.915. The van der Waals surface area contributed by atoms with Crippen LogP contribution in [0, 0.1) is 6.92 Å². The van der Waals surface area contributed by atoms with E-state index in [1.54, 1.807) is 0 Å². The Morgan fingerprint density at radius 1 is 1.28 bits per heavy atom. The van der Waals surface area contributed by atoms with Crippen LogP contribution in [-0.4, -0.2) is 30.1 Å². The van der Waals surface area contributed by atoms with Gasteiger partial charge in [0.25, 0.3) is 5.91 Å². The number of nitrogens with zero attached hydrogens (tertiary/aromatic N) is 2. The van der Waals surface area contributed by atoms with Crippen molar-refractivity contribution >= 4 is 23.3 Å². The summed E-state index contributed by atoms with van der Waals surface area (Å²) >= 11 is 6.18. The number of anilines is 1. The van der Waals surface area contributed by atoms with Gasteiger partial charge in [-0.1, -0.05) is 23.7 Å². The summed E-state index contributed by atoms with van der Waals surface area (Å²) in [5, 5.41) is 3.48. The number of carbonyl (C=O) groups is 1. The molecule has 1 fully saturated rings. The standard InChI is InChI=1S/C19H20ClN3O2/c1-12-10-14-16(11-21-19(14)24)22-18(12)23-8-6-13(7-9-23)25-17-5-3-2-4-15(17)20/h2-5,10,13H,6-9,11H2,1H3,(H,21,24). The van der Waals surface area contributed by atoms with Crippen molar-refractivity contribution in [2.75, 3.05) is 18.0 Å². The molecule has 0 radical (unpaired) electrons. The second-order valence-corrected chi connectivity index (χ2v) is 6.95. The third-order valence-corrected chi connectivity index (χ3v) is 5.11. The van der Waals surface area contributed by atoms with Crippen molar-refractivity contribution < 1.29 is 9.53 Å². The first-order valence-corrected chi connectivity index (χ1v) is 8.94. The van der Waals surface area contributed by atoms with Gasteiger partial charge in [0.05, 0.1) is 22.8 Å². The minimum atomic E-state index is -0.0241. The fourth-order valence-corrected chi connectivity index (χ4v) is 3.64. The van der Waals surface area contributed by atoms with E-state index < -0.39 is 0 Å². The van der Waals surface area contributed by atoms with Gasteiger partial charge in [0.2, 0.25) is 0 Å². The van der Waals surface area contributed by atoms with Gasteiger partial charge < -0.3 is 15.0 Å². The summed E-state index contributed by atoms with van der Waals surface area (Å²) in [6.45, 7) is 4.29. The van der Waals surface area contributed by atoms with E-state index in [1.165, 1.54) is 0 Å². The van der Waals surface area contributed by atoms with Crippen molar-refractivity contribution in [3.05, 3.63) is 52.2 Å². The maximum Gasteiger partial charge on any atom is 0.253 e. The summed E-state index contributed by atoms with van der Waals surface area (Å²) in [5.74, 6) is 1.70. The molecule has 130 valence electrons. The Bertz CT molecular complexity index is 816. The summed E-state index contributed by atoms with van der Waals surface area (Å²) < 4.78 is 6.05. The Balaban J connectivity index is 1.44. The maximum absolute atomic E-state index is 11.8. The highest BCUT2D eigenvalue weighted by atomic mass is 35.5. The van der Waals surface area contributed by atoms with Crippen LogP contribution < -0.4 is 15.0 Å². The number of fused-ring (bicyclic) bond motifs is 1. The highest BCUT2D eigenvalue weighted by Gasteiger charge is 2.26. The number of para-hydroxylation sites is 1. The smallest absolute Gasteiger partial charge is 0.253 e. The molecule has 0 aliphatic carbocycles. The highest BCUT2D eigenvalue weighted by Crippen LogP contribution is 2.29. The summed E-state index contributed by atoms with van der Waals surface area (Å²) in [5.41, 5.74) is 2.60. The van der Waals surface area contributed by atoms with Gasteiger partial charge in [-0.3, -0.25) is 4.79 Å². The third-order valence-electron chi connectivity index (χ3n) is 4.80. The predicted octanol–water partition coefficient (Wildman–Crippen LogP) is 3.33.